The molecule has 0 spiro atoms. The van der Waals surface area contributed by atoms with Crippen LogP contribution in [-0.4, -0.2) is 30.2 Å². The first kappa shape index (κ1) is 19.2. The Bertz CT molecular complexity index is 615. The minimum Gasteiger partial charge on any atom is -0.463 e. The maximum absolute atomic E-state index is 11.9. The summed E-state index contributed by atoms with van der Waals surface area (Å²) in [4.78, 5) is 34.6. The summed E-state index contributed by atoms with van der Waals surface area (Å²) in [5.74, 6) is -0.914. The molecule has 1 rings (SSSR count). The Morgan fingerprint density at radius 2 is 1.71 bits per heavy atom. The number of nitrogens with one attached hydrogen (secondary N) is 2. The minimum absolute atomic E-state index is 0.312. The highest BCUT2D eigenvalue weighted by molar-refractivity contribution is 5.95. The number of rotatable bonds is 4. The number of hydrogen-bond donors (Lipinski definition) is 2. The number of esters is 1. The lowest BCUT2D eigenvalue weighted by Gasteiger charge is -2.19. The number of amides is 2. The molecule has 7 nitrogen and oxygen atoms in total. The summed E-state index contributed by atoms with van der Waals surface area (Å²) in [7, 11) is 0. The van der Waals surface area contributed by atoms with Crippen molar-refractivity contribution in [2.75, 3.05) is 6.61 Å². The number of ether oxygens (including phenoxy) is 2. The van der Waals surface area contributed by atoms with Crippen molar-refractivity contribution in [2.45, 2.75) is 33.3 Å². The molecule has 2 amide bonds. The van der Waals surface area contributed by atoms with Crippen molar-refractivity contribution in [1.29, 1.82) is 0 Å². The summed E-state index contributed by atoms with van der Waals surface area (Å²) in [6.45, 7) is 7.20. The maximum Gasteiger partial charge on any atom is 0.426 e. The highest BCUT2D eigenvalue weighted by Crippen LogP contribution is 2.07. The standard InChI is InChI=1S/C17H22N2O5/c1-5-23-14(20)11-8-12-6-9-13(10-7-12)15(21)18-19-16(22)24-17(2,3)4/h6-11H,5H2,1-4H3,(H,18,21)(H,19,22)/b11-8+. The minimum atomic E-state index is -0.746. The lowest BCUT2D eigenvalue weighted by Crippen LogP contribution is -2.44. The normalized spacial score (nSPS) is 11.0. The van der Waals surface area contributed by atoms with E-state index in [0.29, 0.717) is 12.2 Å². The Hall–Kier alpha value is -2.83. The van der Waals surface area contributed by atoms with E-state index in [1.807, 2.05) is 0 Å². The molecule has 24 heavy (non-hydrogen) atoms. The van der Waals surface area contributed by atoms with Gasteiger partial charge < -0.3 is 9.47 Å². The van der Waals surface area contributed by atoms with Crippen LogP contribution in [0.4, 0.5) is 4.79 Å². The van der Waals surface area contributed by atoms with E-state index in [0.717, 1.165) is 5.56 Å². The average molecular weight is 334 g/mol. The van der Waals surface area contributed by atoms with Crippen molar-refractivity contribution in [3.8, 4) is 0 Å². The summed E-state index contributed by atoms with van der Waals surface area (Å²) in [6, 6.07) is 6.46. The molecule has 2 N–H and O–H groups in total. The number of hydrogen-bond acceptors (Lipinski definition) is 5. The maximum atomic E-state index is 11.9. The quantitative estimate of drug-likeness (QED) is 0.501. The van der Waals surface area contributed by atoms with Gasteiger partial charge in [0.2, 0.25) is 0 Å². The molecule has 0 heterocycles. The van der Waals surface area contributed by atoms with Gasteiger partial charge in [0, 0.05) is 11.6 Å². The monoisotopic (exact) mass is 334 g/mol. The van der Waals surface area contributed by atoms with Crippen LogP contribution in [0, 0.1) is 0 Å². The molecule has 1 aromatic carbocycles. The summed E-state index contributed by atoms with van der Waals surface area (Å²) >= 11 is 0. The van der Waals surface area contributed by atoms with E-state index in [1.165, 1.54) is 6.08 Å². The van der Waals surface area contributed by atoms with Gasteiger partial charge in [-0.2, -0.15) is 0 Å². The average Bonchev–Trinajstić information content (AvgIpc) is 2.50. The van der Waals surface area contributed by atoms with E-state index in [9.17, 15) is 14.4 Å². The fourth-order valence-electron chi connectivity index (χ4n) is 1.58. The summed E-state index contributed by atoms with van der Waals surface area (Å²) in [6.07, 6.45) is 2.14. The predicted octanol–water partition coefficient (Wildman–Crippen LogP) is 2.43. The smallest absolute Gasteiger partial charge is 0.426 e. The zero-order chi connectivity index (χ0) is 18.2. The third kappa shape index (κ3) is 7.44. The second-order valence-corrected chi connectivity index (χ2v) is 5.79. The van der Waals surface area contributed by atoms with Crippen molar-refractivity contribution >= 4 is 24.0 Å². The van der Waals surface area contributed by atoms with Crippen LogP contribution < -0.4 is 10.9 Å². The third-order valence-electron chi connectivity index (χ3n) is 2.55. The third-order valence-corrected chi connectivity index (χ3v) is 2.55. The van der Waals surface area contributed by atoms with Gasteiger partial charge in [-0.1, -0.05) is 12.1 Å². The topological polar surface area (TPSA) is 93.7 Å². The fraction of sp³-hybridized carbons (Fsp3) is 0.353. The zero-order valence-electron chi connectivity index (χ0n) is 14.2. The predicted molar refractivity (Wildman–Crippen MR) is 88.9 cm³/mol. The molecular formula is C17H22N2O5. The van der Waals surface area contributed by atoms with Gasteiger partial charge in [0.25, 0.3) is 5.91 Å². The Labute approximate surface area is 141 Å². The second kappa shape index (κ2) is 8.71. The van der Waals surface area contributed by atoms with Crippen molar-refractivity contribution in [1.82, 2.24) is 10.9 Å². The molecule has 130 valence electrons. The number of carbonyl (C=O) groups is 3. The number of benzene rings is 1. The molecule has 0 aliphatic rings. The second-order valence-electron chi connectivity index (χ2n) is 5.79. The van der Waals surface area contributed by atoms with Crippen LogP contribution in [0.25, 0.3) is 6.08 Å². The Morgan fingerprint density at radius 1 is 1.08 bits per heavy atom. The lowest BCUT2D eigenvalue weighted by molar-refractivity contribution is -0.137. The van der Waals surface area contributed by atoms with E-state index in [4.69, 9.17) is 9.47 Å². The van der Waals surface area contributed by atoms with Crippen molar-refractivity contribution in [2.24, 2.45) is 0 Å². The molecule has 1 aromatic rings. The molecule has 0 unspecified atom stereocenters. The van der Waals surface area contributed by atoms with Crippen molar-refractivity contribution in [3.63, 3.8) is 0 Å². The number of hydrazine groups is 1. The molecule has 0 atom stereocenters. The van der Waals surface area contributed by atoms with Gasteiger partial charge in [-0.15, -0.1) is 0 Å². The fourth-order valence-corrected chi connectivity index (χ4v) is 1.58. The molecule has 0 saturated carbocycles. The van der Waals surface area contributed by atoms with Crippen LogP contribution in [0.3, 0.4) is 0 Å². The van der Waals surface area contributed by atoms with Crippen LogP contribution in [0.1, 0.15) is 43.6 Å². The Balaban J connectivity index is 2.55. The molecule has 0 aliphatic heterocycles. The number of carbonyl (C=O) groups excluding carboxylic acids is 3. The van der Waals surface area contributed by atoms with E-state index < -0.39 is 23.6 Å². The van der Waals surface area contributed by atoms with E-state index >= 15 is 0 Å². The van der Waals surface area contributed by atoms with Crippen molar-refractivity contribution in [3.05, 3.63) is 41.5 Å². The van der Waals surface area contributed by atoms with Crippen LogP contribution in [-0.2, 0) is 14.3 Å². The van der Waals surface area contributed by atoms with Gasteiger partial charge in [-0.25, -0.2) is 15.0 Å². The van der Waals surface area contributed by atoms with Gasteiger partial charge in [0.05, 0.1) is 6.61 Å². The van der Waals surface area contributed by atoms with Crippen LogP contribution in [0.15, 0.2) is 30.3 Å². The van der Waals surface area contributed by atoms with Crippen molar-refractivity contribution < 1.29 is 23.9 Å². The highest BCUT2D eigenvalue weighted by Gasteiger charge is 2.16. The van der Waals surface area contributed by atoms with Gasteiger partial charge >= 0.3 is 12.1 Å². The first-order chi connectivity index (χ1) is 11.2. The van der Waals surface area contributed by atoms with Crippen LogP contribution in [0.2, 0.25) is 0 Å². The SMILES string of the molecule is CCOC(=O)/C=C/c1ccc(C(=O)NNC(=O)OC(C)(C)C)cc1. The zero-order valence-corrected chi connectivity index (χ0v) is 14.2. The molecule has 7 heteroatoms. The molecule has 0 aliphatic carbocycles. The first-order valence-corrected chi connectivity index (χ1v) is 7.45. The van der Waals surface area contributed by atoms with Gasteiger partial charge in [0.15, 0.2) is 0 Å². The van der Waals surface area contributed by atoms with E-state index in [1.54, 1.807) is 58.0 Å². The van der Waals surface area contributed by atoms with Gasteiger partial charge in [-0.3, -0.25) is 10.2 Å². The highest BCUT2D eigenvalue weighted by atomic mass is 16.6. The molecule has 0 aromatic heterocycles. The lowest BCUT2D eigenvalue weighted by atomic mass is 10.1. The summed E-state index contributed by atoms with van der Waals surface area (Å²) in [5.41, 5.74) is 4.85. The summed E-state index contributed by atoms with van der Waals surface area (Å²) < 4.78 is 9.77. The van der Waals surface area contributed by atoms with E-state index in [2.05, 4.69) is 10.9 Å². The van der Waals surface area contributed by atoms with Crippen LogP contribution >= 0.6 is 0 Å². The Morgan fingerprint density at radius 3 is 2.25 bits per heavy atom. The molecule has 0 bridgehead atoms. The van der Waals surface area contributed by atoms with Gasteiger partial charge in [0.1, 0.15) is 5.60 Å². The van der Waals surface area contributed by atoms with Gasteiger partial charge in [-0.05, 0) is 51.5 Å². The molecule has 0 radical (unpaired) electrons. The largest absolute Gasteiger partial charge is 0.463 e. The molecule has 0 fully saturated rings. The Kier molecular flexibility index (Phi) is 6.98. The molecule has 0 saturated heterocycles. The molecular weight excluding hydrogens is 312 g/mol. The van der Waals surface area contributed by atoms with E-state index in [-0.39, 0.29) is 0 Å². The first-order valence-electron chi connectivity index (χ1n) is 7.45. The van der Waals surface area contributed by atoms with Crippen LogP contribution in [0.5, 0.6) is 0 Å². The summed E-state index contributed by atoms with van der Waals surface area (Å²) in [5, 5.41) is 0.